The van der Waals surface area contributed by atoms with Gasteiger partial charge in [0.15, 0.2) is 12.4 Å². The van der Waals surface area contributed by atoms with Crippen molar-refractivity contribution in [1.82, 2.24) is 4.98 Å². The molecule has 5 aromatic rings. The first-order valence-electron chi connectivity index (χ1n) is 10.1. The summed E-state index contributed by atoms with van der Waals surface area (Å²) < 4.78 is 1.92. The maximum Gasteiger partial charge on any atom is 0.227 e. The normalized spacial score (nSPS) is 11.1. The molecule has 5 rings (SSSR count). The number of carbonyl (C=O) groups is 1. The number of Topliss-reactive ketones (excluding diaryl/α,β-unsaturated/α-hetero) is 1. The fraction of sp³-hybridized carbons (Fsp3) is 0.0741. The number of ketones is 1. The topological polar surface area (TPSA) is 33.8 Å². The molecule has 30 heavy (non-hydrogen) atoms. The lowest BCUT2D eigenvalue weighted by Gasteiger charge is -2.11. The highest BCUT2D eigenvalue weighted by atomic mass is 16.1. The van der Waals surface area contributed by atoms with Crippen molar-refractivity contribution < 1.29 is 9.36 Å². The smallest absolute Gasteiger partial charge is 0.227 e. The molecular weight excluding hydrogens is 368 g/mol. The minimum absolute atomic E-state index is 0.0911. The number of hydrogen-bond acceptors (Lipinski definition) is 2. The molecule has 0 fully saturated rings. The minimum atomic E-state index is 0.0911. The van der Waals surface area contributed by atoms with Crippen molar-refractivity contribution in [3.8, 4) is 0 Å². The molecule has 0 saturated heterocycles. The Morgan fingerprint density at radius 1 is 0.800 bits per heavy atom. The van der Waals surface area contributed by atoms with Crippen LogP contribution in [0.3, 0.4) is 0 Å². The van der Waals surface area contributed by atoms with Crippen LogP contribution in [0.4, 0.5) is 0 Å². The molecular formula is C27H21N2O+. The van der Waals surface area contributed by atoms with Crippen molar-refractivity contribution in [2.45, 2.75) is 13.0 Å². The monoisotopic (exact) mass is 389 g/mol. The first kappa shape index (κ1) is 18.2. The van der Waals surface area contributed by atoms with Gasteiger partial charge in [-0.15, -0.1) is 0 Å². The van der Waals surface area contributed by atoms with Crippen LogP contribution in [-0.4, -0.2) is 10.8 Å². The molecule has 0 amide bonds. The summed E-state index contributed by atoms with van der Waals surface area (Å²) in [5, 5.41) is 4.95. The number of hydrogen-bond donors (Lipinski definition) is 0. The zero-order valence-corrected chi connectivity index (χ0v) is 16.5. The van der Waals surface area contributed by atoms with Gasteiger partial charge in [-0.3, -0.25) is 4.79 Å². The van der Waals surface area contributed by atoms with Crippen LogP contribution in [0.1, 0.15) is 21.6 Å². The van der Waals surface area contributed by atoms with E-state index >= 15 is 0 Å². The van der Waals surface area contributed by atoms with Crippen molar-refractivity contribution in [1.29, 1.82) is 0 Å². The van der Waals surface area contributed by atoms with Crippen molar-refractivity contribution in [2.75, 3.05) is 0 Å². The van der Waals surface area contributed by atoms with Gasteiger partial charge < -0.3 is 0 Å². The second kappa shape index (κ2) is 7.88. The second-order valence-electron chi connectivity index (χ2n) is 7.48. The van der Waals surface area contributed by atoms with E-state index in [1.807, 2.05) is 47.3 Å². The van der Waals surface area contributed by atoms with Crippen LogP contribution in [0.2, 0.25) is 0 Å². The number of fused-ring (bicyclic) bond motifs is 2. The van der Waals surface area contributed by atoms with Crippen LogP contribution in [0.5, 0.6) is 0 Å². The van der Waals surface area contributed by atoms with Crippen LogP contribution < -0.4 is 4.57 Å². The van der Waals surface area contributed by atoms with E-state index < -0.39 is 0 Å². The predicted molar refractivity (Wildman–Crippen MR) is 119 cm³/mol. The molecule has 0 bridgehead atoms. The van der Waals surface area contributed by atoms with Gasteiger partial charge in [0.05, 0.1) is 6.20 Å². The number of nitrogens with zero attached hydrogens (tertiary/aromatic N) is 2. The highest BCUT2D eigenvalue weighted by Gasteiger charge is 2.15. The molecule has 0 aliphatic rings. The summed E-state index contributed by atoms with van der Waals surface area (Å²) in [6.45, 7) is 0.301. The fourth-order valence-electron chi connectivity index (χ4n) is 4.03. The molecule has 1 aromatic heterocycles. The van der Waals surface area contributed by atoms with E-state index in [-0.39, 0.29) is 5.78 Å². The number of benzene rings is 4. The van der Waals surface area contributed by atoms with Gasteiger partial charge in [0.25, 0.3) is 0 Å². The molecule has 0 atom stereocenters. The summed E-state index contributed by atoms with van der Waals surface area (Å²) in [7, 11) is 0. The van der Waals surface area contributed by atoms with Crippen LogP contribution in [0, 0.1) is 0 Å². The zero-order chi connectivity index (χ0) is 20.3. The first-order valence-corrected chi connectivity index (χ1v) is 10.1. The van der Waals surface area contributed by atoms with Crippen molar-refractivity contribution in [3.63, 3.8) is 0 Å². The summed E-state index contributed by atoms with van der Waals surface area (Å²) in [4.78, 5) is 17.2. The lowest BCUT2D eigenvalue weighted by atomic mass is 9.94. The Kier molecular flexibility index (Phi) is 4.78. The van der Waals surface area contributed by atoms with Crippen LogP contribution >= 0.6 is 0 Å². The molecule has 0 spiro atoms. The van der Waals surface area contributed by atoms with Crippen LogP contribution in [0.15, 0.2) is 104 Å². The Labute approximate surface area is 175 Å². The Bertz CT molecular complexity index is 1310. The molecule has 0 saturated carbocycles. The van der Waals surface area contributed by atoms with Crippen molar-refractivity contribution in [3.05, 3.63) is 120 Å². The number of carbonyl (C=O) groups excluding carboxylic acids is 1. The van der Waals surface area contributed by atoms with Gasteiger partial charge in [-0.2, -0.15) is 4.57 Å². The van der Waals surface area contributed by atoms with Gasteiger partial charge in [-0.1, -0.05) is 78.9 Å². The number of rotatable bonds is 5. The van der Waals surface area contributed by atoms with Crippen molar-refractivity contribution >= 4 is 27.3 Å². The highest BCUT2D eigenvalue weighted by Crippen LogP contribution is 2.29. The van der Waals surface area contributed by atoms with E-state index in [1.165, 1.54) is 27.1 Å². The Balaban J connectivity index is 1.51. The molecule has 0 aliphatic heterocycles. The van der Waals surface area contributed by atoms with Crippen LogP contribution in [-0.2, 0) is 13.0 Å². The maximum absolute atomic E-state index is 12.6. The average Bonchev–Trinajstić information content (AvgIpc) is 2.80. The third kappa shape index (κ3) is 3.58. The second-order valence-corrected chi connectivity index (χ2v) is 7.48. The molecule has 3 nitrogen and oxygen atoms in total. The molecule has 4 aromatic carbocycles. The van der Waals surface area contributed by atoms with Gasteiger partial charge in [0.2, 0.25) is 12.3 Å². The van der Waals surface area contributed by atoms with E-state index in [0.717, 1.165) is 11.3 Å². The lowest BCUT2D eigenvalue weighted by Crippen LogP contribution is -2.38. The molecule has 0 unspecified atom stereocenters. The fourth-order valence-corrected chi connectivity index (χ4v) is 4.03. The highest BCUT2D eigenvalue weighted by molar-refractivity contribution is 6.02. The Hall–Kier alpha value is -3.85. The van der Waals surface area contributed by atoms with Gasteiger partial charge in [0, 0.05) is 12.0 Å². The molecule has 3 heteroatoms. The Morgan fingerprint density at radius 3 is 2.13 bits per heavy atom. The van der Waals surface area contributed by atoms with E-state index in [1.54, 1.807) is 6.20 Å². The lowest BCUT2D eigenvalue weighted by molar-refractivity contribution is -0.684. The van der Waals surface area contributed by atoms with E-state index in [0.29, 0.717) is 13.0 Å². The minimum Gasteiger partial charge on any atom is -0.287 e. The summed E-state index contributed by atoms with van der Waals surface area (Å²) >= 11 is 0. The zero-order valence-electron chi connectivity index (χ0n) is 16.5. The van der Waals surface area contributed by atoms with Gasteiger partial charge in [-0.25, -0.2) is 4.98 Å². The summed E-state index contributed by atoms with van der Waals surface area (Å²) in [5.74, 6) is 0.0911. The summed E-state index contributed by atoms with van der Waals surface area (Å²) in [6.07, 6.45) is 6.33. The average molecular weight is 389 g/mol. The molecule has 144 valence electrons. The molecule has 0 aliphatic carbocycles. The van der Waals surface area contributed by atoms with E-state index in [4.69, 9.17) is 0 Å². The standard InChI is InChI=1S/C27H21N2O/c30-27(20-8-2-1-3-9-20)19-29-15-14-28-23(18-29)17-26-24-12-6-4-10-21(24)16-22-11-5-7-13-25(22)26/h1-16,18H,17,19H2/q+1. The Morgan fingerprint density at radius 2 is 1.43 bits per heavy atom. The maximum atomic E-state index is 12.6. The summed E-state index contributed by atoms with van der Waals surface area (Å²) in [5.41, 5.74) is 2.94. The third-order valence-corrected chi connectivity index (χ3v) is 5.48. The largest absolute Gasteiger partial charge is 0.287 e. The van der Waals surface area contributed by atoms with Gasteiger partial charge in [0.1, 0.15) is 5.69 Å². The SMILES string of the molecule is O=C(C[n+]1ccnc(Cc2c3ccccc3cc3ccccc23)c1)c1ccccc1. The van der Waals surface area contributed by atoms with E-state index in [2.05, 4.69) is 59.6 Å². The van der Waals surface area contributed by atoms with Gasteiger partial charge >= 0.3 is 0 Å². The quantitative estimate of drug-likeness (QED) is 0.237. The molecule has 1 heterocycles. The predicted octanol–water partition coefficient (Wildman–Crippen LogP) is 5.15. The third-order valence-electron chi connectivity index (χ3n) is 5.48. The van der Waals surface area contributed by atoms with Gasteiger partial charge in [-0.05, 0) is 33.2 Å². The molecule has 0 N–H and O–H groups in total. The molecule has 0 radical (unpaired) electrons. The van der Waals surface area contributed by atoms with Crippen LogP contribution in [0.25, 0.3) is 21.5 Å². The summed E-state index contributed by atoms with van der Waals surface area (Å²) in [6, 6.07) is 28.6. The van der Waals surface area contributed by atoms with Crippen molar-refractivity contribution in [2.24, 2.45) is 0 Å². The first-order chi connectivity index (χ1) is 14.8. The van der Waals surface area contributed by atoms with E-state index in [9.17, 15) is 4.79 Å². The number of aromatic nitrogens is 2.